The van der Waals surface area contributed by atoms with Crippen LogP contribution < -0.4 is 21.7 Å². The molecule has 1 aromatic rings. The SMILES string of the molecule is CSCCC(NC(=O)C(C)NC(=O)C(C)NC(=O)C(N)Cc1ccccc1)C(=O)O. The summed E-state index contributed by atoms with van der Waals surface area (Å²) < 4.78 is 0. The van der Waals surface area contributed by atoms with Crippen molar-refractivity contribution in [1.29, 1.82) is 0 Å². The number of carboxylic acids is 1. The summed E-state index contributed by atoms with van der Waals surface area (Å²) in [4.78, 5) is 48.0. The van der Waals surface area contributed by atoms with E-state index in [0.29, 0.717) is 12.2 Å². The van der Waals surface area contributed by atoms with E-state index < -0.39 is 47.9 Å². The number of thioether (sulfide) groups is 1. The smallest absolute Gasteiger partial charge is 0.326 e. The molecule has 1 rings (SSSR count). The zero-order valence-corrected chi connectivity index (χ0v) is 18.2. The second kappa shape index (κ2) is 12.9. The molecule has 0 spiro atoms. The summed E-state index contributed by atoms with van der Waals surface area (Å²) in [6.45, 7) is 2.92. The van der Waals surface area contributed by atoms with E-state index in [-0.39, 0.29) is 6.42 Å². The first kappa shape index (κ1) is 25.4. The standard InChI is InChI=1S/C20H30N4O5S/c1-12(23-19(27)15(21)11-14-7-5-4-6-8-14)17(25)22-13(2)18(26)24-16(20(28)29)9-10-30-3/h4-8,12-13,15-16H,9-11,21H2,1-3H3,(H,22,25)(H,23,27)(H,24,26)(H,28,29). The summed E-state index contributed by atoms with van der Waals surface area (Å²) in [5.74, 6) is -2.24. The fourth-order valence-electron chi connectivity index (χ4n) is 2.54. The fraction of sp³-hybridized carbons (Fsp3) is 0.500. The highest BCUT2D eigenvalue weighted by Gasteiger charge is 2.26. The summed E-state index contributed by atoms with van der Waals surface area (Å²) in [5.41, 5.74) is 6.81. The molecule has 1 aromatic carbocycles. The number of carbonyl (C=O) groups excluding carboxylic acids is 3. The first-order valence-corrected chi connectivity index (χ1v) is 11.0. The molecular formula is C20H30N4O5S. The maximum atomic E-state index is 12.3. The maximum Gasteiger partial charge on any atom is 0.326 e. The average molecular weight is 439 g/mol. The summed E-state index contributed by atoms with van der Waals surface area (Å²) in [6, 6.07) is 5.53. The van der Waals surface area contributed by atoms with Crippen LogP contribution in [-0.4, -0.2) is 65.0 Å². The second-order valence-electron chi connectivity index (χ2n) is 6.94. The van der Waals surface area contributed by atoms with Crippen LogP contribution in [-0.2, 0) is 25.6 Å². The zero-order chi connectivity index (χ0) is 22.7. The van der Waals surface area contributed by atoms with Gasteiger partial charge in [0.25, 0.3) is 0 Å². The second-order valence-corrected chi connectivity index (χ2v) is 7.92. The molecule has 0 aromatic heterocycles. The highest BCUT2D eigenvalue weighted by molar-refractivity contribution is 7.98. The van der Waals surface area contributed by atoms with Gasteiger partial charge < -0.3 is 26.8 Å². The van der Waals surface area contributed by atoms with Crippen LogP contribution in [0.5, 0.6) is 0 Å². The summed E-state index contributed by atoms with van der Waals surface area (Å²) in [7, 11) is 0. The third-order valence-electron chi connectivity index (χ3n) is 4.36. The number of benzene rings is 1. The van der Waals surface area contributed by atoms with Crippen LogP contribution in [0.2, 0.25) is 0 Å². The number of carbonyl (C=O) groups is 4. The number of aliphatic carboxylic acids is 1. The van der Waals surface area contributed by atoms with Gasteiger partial charge in [-0.3, -0.25) is 14.4 Å². The molecule has 0 aliphatic carbocycles. The van der Waals surface area contributed by atoms with E-state index >= 15 is 0 Å². The average Bonchev–Trinajstić information content (AvgIpc) is 2.71. The normalized spacial score (nSPS) is 14.7. The molecule has 0 aliphatic rings. The number of carboxylic acid groups (broad SMARTS) is 1. The van der Waals surface area contributed by atoms with Crippen LogP contribution in [0, 0.1) is 0 Å². The van der Waals surface area contributed by atoms with Gasteiger partial charge in [0.2, 0.25) is 17.7 Å². The van der Waals surface area contributed by atoms with Crippen molar-refractivity contribution in [2.45, 2.75) is 50.9 Å². The van der Waals surface area contributed by atoms with Crippen molar-refractivity contribution in [3.8, 4) is 0 Å². The van der Waals surface area contributed by atoms with E-state index in [2.05, 4.69) is 16.0 Å². The van der Waals surface area contributed by atoms with Gasteiger partial charge in [0.05, 0.1) is 6.04 Å². The third-order valence-corrected chi connectivity index (χ3v) is 5.01. The Morgan fingerprint density at radius 2 is 1.50 bits per heavy atom. The van der Waals surface area contributed by atoms with Gasteiger partial charge in [-0.2, -0.15) is 11.8 Å². The van der Waals surface area contributed by atoms with Crippen molar-refractivity contribution in [3.05, 3.63) is 35.9 Å². The Kier molecular flexibility index (Phi) is 10.9. The molecule has 0 saturated heterocycles. The van der Waals surface area contributed by atoms with E-state index in [0.717, 1.165) is 5.56 Å². The number of nitrogens with two attached hydrogens (primary N) is 1. The molecule has 0 bridgehead atoms. The quantitative estimate of drug-likeness (QED) is 0.305. The lowest BCUT2D eigenvalue weighted by Crippen LogP contribution is -2.55. The topological polar surface area (TPSA) is 151 Å². The highest BCUT2D eigenvalue weighted by atomic mass is 32.2. The molecule has 0 aliphatic heterocycles. The van der Waals surface area contributed by atoms with Crippen LogP contribution in [0.3, 0.4) is 0 Å². The molecule has 0 saturated carbocycles. The van der Waals surface area contributed by atoms with Crippen LogP contribution in [0.25, 0.3) is 0 Å². The van der Waals surface area contributed by atoms with Crippen LogP contribution >= 0.6 is 11.8 Å². The van der Waals surface area contributed by atoms with Gasteiger partial charge >= 0.3 is 5.97 Å². The first-order valence-electron chi connectivity index (χ1n) is 9.58. The molecule has 4 atom stereocenters. The molecule has 4 unspecified atom stereocenters. The minimum atomic E-state index is -1.14. The summed E-state index contributed by atoms with van der Waals surface area (Å²) in [6.07, 6.45) is 2.44. The number of amides is 3. The Morgan fingerprint density at radius 1 is 0.967 bits per heavy atom. The Bertz CT molecular complexity index is 731. The van der Waals surface area contributed by atoms with Crippen LogP contribution in [0.15, 0.2) is 30.3 Å². The van der Waals surface area contributed by atoms with Crippen molar-refractivity contribution >= 4 is 35.5 Å². The Balaban J connectivity index is 2.52. The Labute approximate surface area is 180 Å². The molecule has 9 nitrogen and oxygen atoms in total. The first-order chi connectivity index (χ1) is 14.1. The maximum absolute atomic E-state index is 12.3. The van der Waals surface area contributed by atoms with Crippen molar-refractivity contribution in [2.24, 2.45) is 5.73 Å². The molecular weight excluding hydrogens is 408 g/mol. The minimum absolute atomic E-state index is 0.272. The van der Waals surface area contributed by atoms with Gasteiger partial charge in [-0.05, 0) is 44.3 Å². The Hall–Kier alpha value is -2.59. The van der Waals surface area contributed by atoms with Crippen molar-refractivity contribution in [1.82, 2.24) is 16.0 Å². The molecule has 30 heavy (non-hydrogen) atoms. The monoisotopic (exact) mass is 438 g/mol. The predicted molar refractivity (Wildman–Crippen MR) is 116 cm³/mol. The molecule has 166 valence electrons. The number of nitrogens with one attached hydrogen (secondary N) is 3. The minimum Gasteiger partial charge on any atom is -0.480 e. The van der Waals surface area contributed by atoms with Crippen molar-refractivity contribution < 1.29 is 24.3 Å². The third kappa shape index (κ3) is 8.83. The lowest BCUT2D eigenvalue weighted by Gasteiger charge is -2.21. The zero-order valence-electron chi connectivity index (χ0n) is 17.4. The van der Waals surface area contributed by atoms with Crippen LogP contribution in [0.4, 0.5) is 0 Å². The van der Waals surface area contributed by atoms with Gasteiger partial charge in [-0.1, -0.05) is 30.3 Å². The summed E-state index contributed by atoms with van der Waals surface area (Å²) in [5, 5.41) is 16.6. The number of hydrogen-bond acceptors (Lipinski definition) is 6. The largest absolute Gasteiger partial charge is 0.480 e. The number of rotatable bonds is 12. The van der Waals surface area contributed by atoms with Gasteiger partial charge in [-0.25, -0.2) is 4.79 Å². The van der Waals surface area contributed by atoms with Gasteiger partial charge in [0, 0.05) is 0 Å². The van der Waals surface area contributed by atoms with E-state index in [1.54, 1.807) is 0 Å². The molecule has 10 heteroatoms. The van der Waals surface area contributed by atoms with Gasteiger partial charge in [0.15, 0.2) is 0 Å². The predicted octanol–water partition coefficient (Wildman–Crippen LogP) is -0.112. The number of hydrogen-bond donors (Lipinski definition) is 5. The molecule has 0 radical (unpaired) electrons. The van der Waals surface area contributed by atoms with E-state index in [9.17, 15) is 24.3 Å². The highest BCUT2D eigenvalue weighted by Crippen LogP contribution is 2.03. The van der Waals surface area contributed by atoms with Crippen LogP contribution in [0.1, 0.15) is 25.8 Å². The van der Waals surface area contributed by atoms with Crippen molar-refractivity contribution in [3.63, 3.8) is 0 Å². The molecule has 6 N–H and O–H groups in total. The van der Waals surface area contributed by atoms with E-state index in [4.69, 9.17) is 5.73 Å². The lowest BCUT2D eigenvalue weighted by molar-refractivity contribution is -0.142. The molecule has 0 fully saturated rings. The fourth-order valence-corrected chi connectivity index (χ4v) is 3.01. The van der Waals surface area contributed by atoms with E-state index in [1.807, 2.05) is 36.6 Å². The van der Waals surface area contributed by atoms with Gasteiger partial charge in [0.1, 0.15) is 18.1 Å². The molecule has 0 heterocycles. The Morgan fingerprint density at radius 3 is 2.03 bits per heavy atom. The van der Waals surface area contributed by atoms with E-state index in [1.165, 1.54) is 25.6 Å². The molecule has 3 amide bonds. The summed E-state index contributed by atoms with van der Waals surface area (Å²) >= 11 is 1.47. The lowest BCUT2D eigenvalue weighted by atomic mass is 10.1. The van der Waals surface area contributed by atoms with Gasteiger partial charge in [-0.15, -0.1) is 0 Å². The van der Waals surface area contributed by atoms with Crippen molar-refractivity contribution in [2.75, 3.05) is 12.0 Å².